The predicted molar refractivity (Wildman–Crippen MR) is 72.2 cm³/mol. The first-order chi connectivity index (χ1) is 9.47. The van der Waals surface area contributed by atoms with Crippen molar-refractivity contribution in [1.29, 1.82) is 0 Å². The average Bonchev–Trinajstić information content (AvgIpc) is 3.29. The Morgan fingerprint density at radius 1 is 1.25 bits per heavy atom. The van der Waals surface area contributed by atoms with Crippen molar-refractivity contribution in [3.05, 3.63) is 0 Å². The Labute approximate surface area is 120 Å². The quantitative estimate of drug-likeness (QED) is 0.588. The summed E-state index contributed by atoms with van der Waals surface area (Å²) in [6, 6.07) is 0. The lowest BCUT2D eigenvalue weighted by molar-refractivity contribution is -0.153. The summed E-state index contributed by atoms with van der Waals surface area (Å²) in [5.74, 6) is 0.0373. The SMILES string of the molecule is CC1(COC(=O)C2CCC3(C)OC3C2)CCC2OC2C1. The molecule has 0 aromatic rings. The molecule has 112 valence electrons. The second kappa shape index (κ2) is 4.20. The molecule has 4 nitrogen and oxygen atoms in total. The highest BCUT2D eigenvalue weighted by molar-refractivity contribution is 5.72. The highest BCUT2D eigenvalue weighted by atomic mass is 16.6. The molecule has 4 heteroatoms. The number of hydrogen-bond acceptors (Lipinski definition) is 4. The topological polar surface area (TPSA) is 51.4 Å². The van der Waals surface area contributed by atoms with Crippen LogP contribution in [0.2, 0.25) is 0 Å². The first-order valence-corrected chi connectivity index (χ1v) is 7.97. The van der Waals surface area contributed by atoms with Crippen LogP contribution in [0, 0.1) is 11.3 Å². The highest BCUT2D eigenvalue weighted by Crippen LogP contribution is 2.50. The molecule has 0 aromatic carbocycles. The number of carbonyl (C=O) groups excluding carboxylic acids is 1. The Hall–Kier alpha value is -0.610. The third kappa shape index (κ3) is 2.27. The first-order valence-electron chi connectivity index (χ1n) is 7.97. The molecule has 2 aliphatic heterocycles. The Balaban J connectivity index is 1.27. The fourth-order valence-corrected chi connectivity index (χ4v) is 4.04. The van der Waals surface area contributed by atoms with E-state index in [2.05, 4.69) is 13.8 Å². The van der Waals surface area contributed by atoms with Crippen molar-refractivity contribution in [1.82, 2.24) is 0 Å². The molecule has 6 unspecified atom stereocenters. The minimum absolute atomic E-state index is 0.0115. The van der Waals surface area contributed by atoms with Crippen LogP contribution < -0.4 is 0 Å². The van der Waals surface area contributed by atoms with Gasteiger partial charge in [-0.25, -0.2) is 0 Å². The maximum atomic E-state index is 12.2. The van der Waals surface area contributed by atoms with E-state index in [-0.39, 0.29) is 22.9 Å². The molecule has 0 bridgehead atoms. The number of rotatable bonds is 3. The molecule has 6 atom stereocenters. The van der Waals surface area contributed by atoms with Crippen LogP contribution in [0.1, 0.15) is 52.4 Å². The van der Waals surface area contributed by atoms with E-state index in [0.29, 0.717) is 24.9 Å². The molecule has 0 spiro atoms. The maximum absolute atomic E-state index is 12.2. The Kier molecular flexibility index (Phi) is 2.75. The number of fused-ring (bicyclic) bond motifs is 2. The van der Waals surface area contributed by atoms with Crippen LogP contribution in [0.3, 0.4) is 0 Å². The number of esters is 1. The van der Waals surface area contributed by atoms with Gasteiger partial charge in [0.15, 0.2) is 0 Å². The van der Waals surface area contributed by atoms with Crippen LogP contribution >= 0.6 is 0 Å². The molecule has 4 fully saturated rings. The smallest absolute Gasteiger partial charge is 0.309 e. The van der Waals surface area contributed by atoms with E-state index in [9.17, 15) is 4.79 Å². The maximum Gasteiger partial charge on any atom is 0.309 e. The van der Waals surface area contributed by atoms with Gasteiger partial charge in [0.1, 0.15) is 0 Å². The van der Waals surface area contributed by atoms with E-state index in [1.54, 1.807) is 0 Å². The first kappa shape index (κ1) is 13.1. The fraction of sp³-hybridized carbons (Fsp3) is 0.938. The predicted octanol–water partition coefficient (Wildman–Crippen LogP) is 2.44. The number of ether oxygens (including phenoxy) is 3. The molecule has 4 rings (SSSR count). The minimum Gasteiger partial charge on any atom is -0.465 e. The van der Waals surface area contributed by atoms with E-state index in [1.165, 1.54) is 0 Å². The second-order valence-corrected chi connectivity index (χ2v) is 7.76. The van der Waals surface area contributed by atoms with Gasteiger partial charge >= 0.3 is 5.97 Å². The van der Waals surface area contributed by atoms with Gasteiger partial charge < -0.3 is 14.2 Å². The zero-order valence-electron chi connectivity index (χ0n) is 12.4. The summed E-state index contributed by atoms with van der Waals surface area (Å²) in [7, 11) is 0. The molecule has 0 aromatic heterocycles. The largest absolute Gasteiger partial charge is 0.465 e. The van der Waals surface area contributed by atoms with Crippen molar-refractivity contribution < 1.29 is 19.0 Å². The van der Waals surface area contributed by atoms with E-state index in [1.807, 2.05) is 0 Å². The van der Waals surface area contributed by atoms with Gasteiger partial charge in [0, 0.05) is 5.41 Å². The monoisotopic (exact) mass is 280 g/mol. The van der Waals surface area contributed by atoms with Gasteiger partial charge in [-0.3, -0.25) is 4.79 Å². The van der Waals surface area contributed by atoms with E-state index < -0.39 is 0 Å². The molecule has 0 radical (unpaired) electrons. The minimum atomic E-state index is -0.0115. The van der Waals surface area contributed by atoms with Crippen molar-refractivity contribution in [3.8, 4) is 0 Å². The molecule has 0 N–H and O–H groups in total. The zero-order valence-corrected chi connectivity index (χ0v) is 12.4. The summed E-state index contributed by atoms with van der Waals surface area (Å²) in [4.78, 5) is 12.2. The summed E-state index contributed by atoms with van der Waals surface area (Å²) in [5.41, 5.74) is 0.192. The lowest BCUT2D eigenvalue weighted by Gasteiger charge is -2.31. The molecule has 2 aliphatic carbocycles. The van der Waals surface area contributed by atoms with Crippen LogP contribution in [0.4, 0.5) is 0 Å². The van der Waals surface area contributed by atoms with Crippen LogP contribution in [0.5, 0.6) is 0 Å². The van der Waals surface area contributed by atoms with Crippen LogP contribution in [-0.4, -0.2) is 36.5 Å². The van der Waals surface area contributed by atoms with Gasteiger partial charge in [0.05, 0.1) is 36.4 Å². The van der Waals surface area contributed by atoms with Gasteiger partial charge in [-0.1, -0.05) is 6.92 Å². The van der Waals surface area contributed by atoms with Crippen molar-refractivity contribution in [2.24, 2.45) is 11.3 Å². The van der Waals surface area contributed by atoms with Crippen molar-refractivity contribution >= 4 is 5.97 Å². The Bertz CT molecular complexity index is 436. The third-order valence-corrected chi connectivity index (χ3v) is 5.83. The molecule has 20 heavy (non-hydrogen) atoms. The highest BCUT2D eigenvalue weighted by Gasteiger charge is 2.56. The Morgan fingerprint density at radius 2 is 2.10 bits per heavy atom. The standard InChI is InChI=1S/C16H24O4/c1-15(5-4-11-12(8-15)19-11)9-18-14(17)10-3-6-16(2)13(7-10)20-16/h10-13H,3-9H2,1-2H3. The average molecular weight is 280 g/mol. The Morgan fingerprint density at radius 3 is 2.85 bits per heavy atom. The summed E-state index contributed by atoms with van der Waals surface area (Å²) in [6.07, 6.45) is 7.25. The zero-order chi connectivity index (χ0) is 14.0. The number of carbonyl (C=O) groups is 1. The van der Waals surface area contributed by atoms with Gasteiger partial charge in [-0.05, 0) is 45.4 Å². The molecule has 2 heterocycles. The molecule has 4 aliphatic rings. The van der Waals surface area contributed by atoms with Gasteiger partial charge in [-0.2, -0.15) is 0 Å². The van der Waals surface area contributed by atoms with Crippen molar-refractivity contribution in [2.45, 2.75) is 76.3 Å². The van der Waals surface area contributed by atoms with E-state index in [4.69, 9.17) is 14.2 Å². The second-order valence-electron chi connectivity index (χ2n) is 7.76. The number of hydrogen-bond donors (Lipinski definition) is 0. The summed E-state index contributed by atoms with van der Waals surface area (Å²) >= 11 is 0. The molecule has 2 saturated heterocycles. The molecular formula is C16H24O4. The fourth-order valence-electron chi connectivity index (χ4n) is 4.04. The van der Waals surface area contributed by atoms with E-state index in [0.717, 1.165) is 38.5 Å². The lowest BCUT2D eigenvalue weighted by atomic mass is 9.76. The summed E-state index contributed by atoms with van der Waals surface area (Å²) < 4.78 is 16.9. The summed E-state index contributed by atoms with van der Waals surface area (Å²) in [6.45, 7) is 4.92. The van der Waals surface area contributed by atoms with Crippen molar-refractivity contribution in [3.63, 3.8) is 0 Å². The van der Waals surface area contributed by atoms with Gasteiger partial charge in [-0.15, -0.1) is 0 Å². The van der Waals surface area contributed by atoms with Crippen molar-refractivity contribution in [2.75, 3.05) is 6.61 Å². The normalized spacial score (nSPS) is 52.7. The number of epoxide rings is 2. The van der Waals surface area contributed by atoms with Gasteiger partial charge in [0.2, 0.25) is 0 Å². The molecular weight excluding hydrogens is 256 g/mol. The molecule has 2 saturated carbocycles. The molecule has 0 amide bonds. The van der Waals surface area contributed by atoms with Crippen LogP contribution in [0.25, 0.3) is 0 Å². The summed E-state index contributed by atoms with van der Waals surface area (Å²) in [5, 5.41) is 0. The van der Waals surface area contributed by atoms with Crippen LogP contribution in [0.15, 0.2) is 0 Å². The van der Waals surface area contributed by atoms with Crippen LogP contribution in [-0.2, 0) is 19.0 Å². The third-order valence-electron chi connectivity index (χ3n) is 5.83. The van der Waals surface area contributed by atoms with Gasteiger partial charge in [0.25, 0.3) is 0 Å². The van der Waals surface area contributed by atoms with E-state index >= 15 is 0 Å². The lowest BCUT2D eigenvalue weighted by Crippen LogP contribution is -2.34.